The Morgan fingerprint density at radius 2 is 1.88 bits per heavy atom. The maximum Gasteiger partial charge on any atom is 0.491 e. The van der Waals surface area contributed by atoms with E-state index < -0.39 is 7.12 Å². The summed E-state index contributed by atoms with van der Waals surface area (Å²) in [4.78, 5) is 15.5. The minimum absolute atomic E-state index is 0.00485. The van der Waals surface area contributed by atoms with E-state index in [2.05, 4.69) is 24.1 Å². The van der Waals surface area contributed by atoms with Crippen molar-refractivity contribution in [1.82, 2.24) is 0 Å². The summed E-state index contributed by atoms with van der Waals surface area (Å²) in [7, 11) is -1.54. The van der Waals surface area contributed by atoms with Crippen LogP contribution in [-0.2, 0) is 0 Å². The molecule has 32 heavy (non-hydrogen) atoms. The first-order chi connectivity index (χ1) is 15.1. The zero-order valence-electron chi connectivity index (χ0n) is 19.4. The molecule has 3 aromatic rings. The van der Waals surface area contributed by atoms with E-state index in [1.54, 1.807) is 5.38 Å². The van der Waals surface area contributed by atoms with Gasteiger partial charge in [-0.25, -0.2) is 0 Å². The highest BCUT2D eigenvalue weighted by molar-refractivity contribution is 7.09. The monoisotopic (exact) mass is 454 g/mol. The van der Waals surface area contributed by atoms with Crippen LogP contribution < -0.4 is 21.1 Å². The van der Waals surface area contributed by atoms with Crippen LogP contribution in [0.3, 0.4) is 0 Å². The van der Waals surface area contributed by atoms with Gasteiger partial charge in [-0.15, -0.1) is 0 Å². The van der Waals surface area contributed by atoms with E-state index in [9.17, 15) is 14.8 Å². The smallest absolute Gasteiger partial charge is 0.440 e. The number of rotatable bonds is 5. The lowest BCUT2D eigenvalue weighted by atomic mass is 9.81. The van der Waals surface area contributed by atoms with E-state index in [-0.39, 0.29) is 11.5 Å². The lowest BCUT2D eigenvalue weighted by Crippen LogP contribution is -2.38. The van der Waals surface area contributed by atoms with Crippen molar-refractivity contribution in [3.63, 3.8) is 0 Å². The van der Waals surface area contributed by atoms with Crippen LogP contribution >= 0.6 is 11.3 Å². The highest BCUT2D eigenvalue weighted by Crippen LogP contribution is 2.35. The molecule has 170 valence electrons. The summed E-state index contributed by atoms with van der Waals surface area (Å²) in [5.74, 6) is 0.664. The molecule has 0 aliphatic carbocycles. The summed E-state index contributed by atoms with van der Waals surface area (Å²) in [6.07, 6.45) is 2.11. The van der Waals surface area contributed by atoms with Crippen LogP contribution in [0.1, 0.15) is 56.3 Å². The molecule has 3 heterocycles. The second-order valence-electron chi connectivity index (χ2n) is 9.72. The normalized spacial score (nSPS) is 16.9. The minimum atomic E-state index is -1.54. The Morgan fingerprint density at radius 3 is 2.53 bits per heavy atom. The Hall–Kier alpha value is -2.29. The number of aryl methyl sites for hydroxylation is 1. The van der Waals surface area contributed by atoms with Crippen molar-refractivity contribution in [2.45, 2.75) is 53.5 Å². The van der Waals surface area contributed by atoms with Crippen molar-refractivity contribution >= 4 is 46.5 Å². The molecule has 8 heteroatoms. The van der Waals surface area contributed by atoms with Gasteiger partial charge in [0.15, 0.2) is 5.43 Å². The van der Waals surface area contributed by atoms with Gasteiger partial charge in [-0.3, -0.25) is 4.79 Å². The van der Waals surface area contributed by atoms with Crippen LogP contribution in [0.15, 0.2) is 32.1 Å². The first-order valence-electron chi connectivity index (χ1n) is 11.1. The third kappa shape index (κ3) is 4.31. The fraction of sp³-hybridized carbons (Fsp3) is 0.458. The third-order valence-corrected chi connectivity index (χ3v) is 7.34. The average molecular weight is 454 g/mol. The van der Waals surface area contributed by atoms with Crippen LogP contribution in [0, 0.1) is 19.3 Å². The molecule has 2 aromatic heterocycles. The number of benzene rings is 1. The molecule has 3 N–H and O–H groups in total. The molecule has 6 nitrogen and oxygen atoms in total. The summed E-state index contributed by atoms with van der Waals surface area (Å²) in [5.41, 5.74) is 4.51. The molecule has 0 spiro atoms. The Balaban J connectivity index is 1.78. The highest BCUT2D eigenvalue weighted by Gasteiger charge is 2.29. The number of fused-ring (bicyclic) bond motifs is 1. The van der Waals surface area contributed by atoms with Gasteiger partial charge in [-0.2, -0.15) is 11.3 Å². The number of anilines is 2. The van der Waals surface area contributed by atoms with Gasteiger partial charge in [0.25, 0.3) is 0 Å². The minimum Gasteiger partial charge on any atom is -0.440 e. The van der Waals surface area contributed by atoms with Crippen LogP contribution in [0.2, 0.25) is 0 Å². The van der Waals surface area contributed by atoms with Gasteiger partial charge in [0, 0.05) is 35.2 Å². The van der Waals surface area contributed by atoms with Crippen LogP contribution in [0.4, 0.5) is 11.6 Å². The molecule has 1 saturated heterocycles. The van der Waals surface area contributed by atoms with Gasteiger partial charge in [0.05, 0.1) is 17.0 Å². The standard InChI is InChI=1S/C24H31BN2O4S/c1-14-10-17(16(3)26-20-13-32-12-19(20)25(29)30)22-18(11-14)21(28)15(2)23(31-22)27-8-6-24(4,5)7-9-27/h10-13,16,26,29-30H,6-9H2,1-5H3. The van der Waals surface area contributed by atoms with Crippen LogP contribution in [-0.4, -0.2) is 30.3 Å². The molecule has 0 radical (unpaired) electrons. The third-order valence-electron chi connectivity index (χ3n) is 6.58. The molecule has 1 aromatic carbocycles. The second kappa shape index (κ2) is 8.58. The fourth-order valence-electron chi connectivity index (χ4n) is 4.43. The topological polar surface area (TPSA) is 85.9 Å². The van der Waals surface area contributed by atoms with Gasteiger partial charge in [-0.1, -0.05) is 19.9 Å². The Morgan fingerprint density at radius 1 is 1.19 bits per heavy atom. The van der Waals surface area contributed by atoms with Crippen molar-refractivity contribution in [2.24, 2.45) is 5.41 Å². The largest absolute Gasteiger partial charge is 0.491 e. The lowest BCUT2D eigenvalue weighted by molar-refractivity contribution is 0.274. The number of hydrogen-bond acceptors (Lipinski definition) is 7. The summed E-state index contributed by atoms with van der Waals surface area (Å²) in [6, 6.07) is 3.72. The number of hydrogen-bond donors (Lipinski definition) is 3. The van der Waals surface area contributed by atoms with E-state index in [0.717, 1.165) is 37.1 Å². The Bertz CT molecular complexity index is 1190. The van der Waals surface area contributed by atoms with E-state index >= 15 is 0 Å². The van der Waals surface area contributed by atoms with Crippen molar-refractivity contribution < 1.29 is 14.5 Å². The van der Waals surface area contributed by atoms with Gasteiger partial charge < -0.3 is 24.7 Å². The molecule has 1 aliphatic rings. The number of piperidine rings is 1. The molecular weight excluding hydrogens is 423 g/mol. The fourth-order valence-corrected chi connectivity index (χ4v) is 5.23. The Kier molecular flexibility index (Phi) is 6.13. The van der Waals surface area contributed by atoms with Crippen molar-refractivity contribution in [1.29, 1.82) is 0 Å². The van der Waals surface area contributed by atoms with E-state index in [1.165, 1.54) is 11.3 Å². The summed E-state index contributed by atoms with van der Waals surface area (Å²) in [6.45, 7) is 12.1. The maximum atomic E-state index is 13.3. The first kappa shape index (κ1) is 22.9. The first-order valence-corrected chi connectivity index (χ1v) is 12.0. The van der Waals surface area contributed by atoms with Crippen molar-refractivity contribution in [3.8, 4) is 0 Å². The molecule has 1 atom stereocenters. The van der Waals surface area contributed by atoms with Crippen molar-refractivity contribution in [2.75, 3.05) is 23.3 Å². The van der Waals surface area contributed by atoms with Gasteiger partial charge in [0.2, 0.25) is 5.88 Å². The lowest BCUT2D eigenvalue weighted by Gasteiger charge is -2.37. The summed E-state index contributed by atoms with van der Waals surface area (Å²) in [5, 5.41) is 26.8. The van der Waals surface area contributed by atoms with E-state index in [1.807, 2.05) is 38.3 Å². The summed E-state index contributed by atoms with van der Waals surface area (Å²) < 4.78 is 6.47. The molecule has 0 saturated carbocycles. The molecule has 1 aliphatic heterocycles. The molecule has 1 fully saturated rings. The maximum absolute atomic E-state index is 13.3. The van der Waals surface area contributed by atoms with Crippen LogP contribution in [0.5, 0.6) is 0 Å². The number of nitrogens with zero attached hydrogens (tertiary/aromatic N) is 1. The quantitative estimate of drug-likeness (QED) is 0.507. The molecule has 4 rings (SSSR count). The SMILES string of the molecule is Cc1cc(C(C)Nc2cscc2B(O)O)c2oc(N3CCC(C)(C)CC3)c(C)c(=O)c2c1. The number of thiophene rings is 1. The molecule has 1 unspecified atom stereocenters. The van der Waals surface area contributed by atoms with Crippen molar-refractivity contribution in [3.05, 3.63) is 49.8 Å². The predicted octanol–water partition coefficient (Wildman–Crippen LogP) is 3.95. The zero-order valence-corrected chi connectivity index (χ0v) is 20.2. The van der Waals surface area contributed by atoms with Gasteiger partial charge >= 0.3 is 7.12 Å². The van der Waals surface area contributed by atoms with E-state index in [0.29, 0.717) is 39.0 Å². The number of nitrogens with one attached hydrogen (secondary N) is 1. The van der Waals surface area contributed by atoms with E-state index in [4.69, 9.17) is 4.42 Å². The molecule has 0 bridgehead atoms. The Labute approximate surface area is 193 Å². The van der Waals surface area contributed by atoms with Gasteiger partial charge in [-0.05, 0) is 56.0 Å². The highest BCUT2D eigenvalue weighted by atomic mass is 32.1. The van der Waals surface area contributed by atoms with Gasteiger partial charge in [0.1, 0.15) is 5.58 Å². The molecular formula is C24H31BN2O4S. The molecule has 0 amide bonds. The van der Waals surface area contributed by atoms with Crippen LogP contribution in [0.25, 0.3) is 11.0 Å². The average Bonchev–Trinajstić information content (AvgIpc) is 3.19. The zero-order chi connectivity index (χ0) is 23.2. The summed E-state index contributed by atoms with van der Waals surface area (Å²) >= 11 is 1.40. The predicted molar refractivity (Wildman–Crippen MR) is 133 cm³/mol. The second-order valence-corrected chi connectivity index (χ2v) is 10.5.